The molecule has 0 spiro atoms. The number of aromatic hydroxyl groups is 1. The van der Waals surface area contributed by atoms with Gasteiger partial charge in [0.25, 0.3) is 0 Å². The van der Waals surface area contributed by atoms with E-state index in [2.05, 4.69) is 5.32 Å². The van der Waals surface area contributed by atoms with E-state index in [1.54, 1.807) is 43.3 Å². The van der Waals surface area contributed by atoms with E-state index in [-0.39, 0.29) is 12.0 Å². The van der Waals surface area contributed by atoms with Gasteiger partial charge in [-0.25, -0.2) is 4.39 Å². The lowest BCUT2D eigenvalue weighted by Gasteiger charge is -2.60. The number of amides is 1. The van der Waals surface area contributed by atoms with E-state index >= 15 is 0 Å². The first kappa shape index (κ1) is 30.9. The Morgan fingerprint density at radius 3 is 2.32 bits per heavy atom. The number of likely N-dealkylation sites (N-methyl/N-ethyl adjacent to an activating group) is 1. The van der Waals surface area contributed by atoms with Crippen molar-refractivity contribution in [2.24, 2.45) is 34.5 Å². The van der Waals surface area contributed by atoms with Crippen LogP contribution in [0.5, 0.6) is 5.75 Å². The Hall–Kier alpha value is -4.51. The zero-order valence-corrected chi connectivity index (χ0v) is 24.4. The Labute approximate surface area is 252 Å². The van der Waals surface area contributed by atoms with E-state index in [0.717, 1.165) is 0 Å². The first-order chi connectivity index (χ1) is 20.6. The van der Waals surface area contributed by atoms with Gasteiger partial charge in [0.1, 0.15) is 18.3 Å². The van der Waals surface area contributed by atoms with Crippen LogP contribution in [0, 0.1) is 28.6 Å². The number of ketones is 4. The Kier molecular flexibility index (Phi) is 7.24. The number of hydrogen-bond acceptors (Lipinski definition) is 11. The zero-order chi connectivity index (χ0) is 32.5. The summed E-state index contributed by atoms with van der Waals surface area (Å²) in [4.78, 5) is 69.6. The third-order valence-corrected chi connectivity index (χ3v) is 9.31. The Bertz CT molecular complexity index is 1670. The fourth-order valence-electron chi connectivity index (χ4n) is 7.55. The van der Waals surface area contributed by atoms with Crippen LogP contribution >= 0.6 is 0 Å². The summed E-state index contributed by atoms with van der Waals surface area (Å²) in [5.41, 5.74) is 14.3. The standard InChI is InChI=1S/C31H33FN6O6/c1-14(11-32)37-16-6-4-15(5-7-16)17-8-9-19(39)20-18(17)10-29(35)12-31(36)25(38(2)3)24(41)21(28(34)44)26(42)30(31,13-33)27(43)22(29)23(20)40/h4-9,14,21-22,25,37,39H,10-12,35-36H2,1-3H3,(H2,34,44)/t14?,21?,22?,25-,29-,30+,31-/m1/s1. The number of carbonyl (C=O) groups excluding carboxylic acids is 5. The molecule has 3 unspecified atom stereocenters. The van der Waals surface area contributed by atoms with Crippen LogP contribution in [0.15, 0.2) is 36.4 Å². The van der Waals surface area contributed by atoms with Gasteiger partial charge in [0.2, 0.25) is 5.91 Å². The number of carbonyl (C=O) groups is 5. The van der Waals surface area contributed by atoms with Crippen LogP contribution in [-0.4, -0.2) is 83.0 Å². The molecule has 3 aliphatic carbocycles. The van der Waals surface area contributed by atoms with Crippen molar-refractivity contribution < 1.29 is 33.5 Å². The molecular formula is C31H33FN6O6. The molecule has 12 nitrogen and oxygen atoms in total. The number of Topliss-reactive ketones (excluding diaryl/α,β-unsaturated/α-hetero) is 4. The van der Waals surface area contributed by atoms with Crippen LogP contribution in [0.3, 0.4) is 0 Å². The molecule has 2 aromatic carbocycles. The predicted molar refractivity (Wildman–Crippen MR) is 156 cm³/mol. The highest BCUT2D eigenvalue weighted by Gasteiger charge is 2.78. The minimum Gasteiger partial charge on any atom is -0.507 e. The fourth-order valence-corrected chi connectivity index (χ4v) is 7.55. The minimum absolute atomic E-state index is 0.185. The van der Waals surface area contributed by atoms with Crippen molar-refractivity contribution in [3.05, 3.63) is 47.5 Å². The van der Waals surface area contributed by atoms with Crippen molar-refractivity contribution in [1.82, 2.24) is 4.90 Å². The van der Waals surface area contributed by atoms with Crippen molar-refractivity contribution in [1.29, 1.82) is 5.26 Å². The maximum atomic E-state index is 14.4. The van der Waals surface area contributed by atoms with Gasteiger partial charge >= 0.3 is 0 Å². The van der Waals surface area contributed by atoms with E-state index in [1.807, 2.05) is 0 Å². The number of halogens is 1. The molecule has 7 atom stereocenters. The highest BCUT2D eigenvalue weighted by molar-refractivity contribution is 6.33. The van der Waals surface area contributed by atoms with Gasteiger partial charge in [-0.1, -0.05) is 18.2 Å². The summed E-state index contributed by atoms with van der Waals surface area (Å²) >= 11 is 0. The lowest BCUT2D eigenvalue weighted by molar-refractivity contribution is -0.166. The number of phenols is 1. The molecule has 0 aromatic heterocycles. The largest absolute Gasteiger partial charge is 0.507 e. The molecule has 230 valence electrons. The molecule has 5 rings (SSSR count). The first-order valence-corrected chi connectivity index (χ1v) is 14.0. The van der Waals surface area contributed by atoms with Gasteiger partial charge in [-0.15, -0.1) is 0 Å². The maximum Gasteiger partial charge on any atom is 0.235 e. The molecule has 13 heteroatoms. The molecule has 1 amide bonds. The third-order valence-electron chi connectivity index (χ3n) is 9.31. The highest BCUT2D eigenvalue weighted by atomic mass is 19.1. The summed E-state index contributed by atoms with van der Waals surface area (Å²) in [5.74, 6) is -10.2. The average Bonchev–Trinajstić information content (AvgIpc) is 2.92. The van der Waals surface area contributed by atoms with Crippen LogP contribution in [0.4, 0.5) is 10.1 Å². The SMILES string of the molecule is CC(CF)Nc1ccc(-c2ccc(O)c3c2C[C@@]2(N)C[C@@]4(N)[C@H](N(C)C)C(=O)C(C(N)=O)C(=O)[C@@]4(C#N)C(=O)C2C3=O)cc1. The third kappa shape index (κ3) is 4.02. The zero-order valence-electron chi connectivity index (χ0n) is 24.4. The summed E-state index contributed by atoms with van der Waals surface area (Å²) < 4.78 is 13.0. The number of nitriles is 1. The highest BCUT2D eigenvalue weighted by Crippen LogP contribution is 2.57. The van der Waals surface area contributed by atoms with Gasteiger partial charge in [-0.2, -0.15) is 5.26 Å². The van der Waals surface area contributed by atoms with Crippen molar-refractivity contribution >= 4 is 34.7 Å². The molecule has 0 heterocycles. The quantitative estimate of drug-likeness (QED) is 0.281. The number of primary amides is 1. The fraction of sp³-hybridized carbons (Fsp3) is 0.419. The normalized spacial score (nSPS) is 31.9. The van der Waals surface area contributed by atoms with Crippen LogP contribution in [0.2, 0.25) is 0 Å². The molecule has 3 aliphatic rings. The first-order valence-electron chi connectivity index (χ1n) is 14.0. The molecule has 0 aliphatic heterocycles. The van der Waals surface area contributed by atoms with E-state index in [1.165, 1.54) is 25.1 Å². The second kappa shape index (κ2) is 10.3. The van der Waals surface area contributed by atoms with Gasteiger partial charge in [0.05, 0.1) is 29.3 Å². The Balaban J connectivity index is 1.69. The molecule has 0 bridgehead atoms. The second-order valence-corrected chi connectivity index (χ2v) is 12.4. The van der Waals surface area contributed by atoms with Crippen LogP contribution in [0.1, 0.15) is 29.3 Å². The van der Waals surface area contributed by atoms with Gasteiger partial charge in [-0.3, -0.25) is 28.9 Å². The van der Waals surface area contributed by atoms with Gasteiger partial charge in [0.15, 0.2) is 34.5 Å². The van der Waals surface area contributed by atoms with Crippen molar-refractivity contribution in [3.63, 3.8) is 0 Å². The summed E-state index contributed by atoms with van der Waals surface area (Å²) in [5, 5.41) is 24.4. The lowest BCUT2D eigenvalue weighted by atomic mass is 9.42. The van der Waals surface area contributed by atoms with Crippen molar-refractivity contribution in [2.45, 2.75) is 42.9 Å². The lowest BCUT2D eigenvalue weighted by Crippen LogP contribution is -2.85. The van der Waals surface area contributed by atoms with Gasteiger partial charge in [-0.05, 0) is 68.8 Å². The number of nitrogens with one attached hydrogen (secondary N) is 1. The summed E-state index contributed by atoms with van der Waals surface area (Å²) in [6, 6.07) is 9.60. The van der Waals surface area contributed by atoms with E-state index in [4.69, 9.17) is 17.2 Å². The molecular weight excluding hydrogens is 571 g/mol. The molecule has 2 saturated carbocycles. The predicted octanol–water partition coefficient (Wildman–Crippen LogP) is 0.245. The number of rotatable bonds is 6. The van der Waals surface area contributed by atoms with E-state index in [0.29, 0.717) is 22.4 Å². The summed E-state index contributed by atoms with van der Waals surface area (Å²) in [6.45, 7) is 1.12. The molecule has 2 fully saturated rings. The number of anilines is 1. The average molecular weight is 605 g/mol. The second-order valence-electron chi connectivity index (χ2n) is 12.4. The molecule has 44 heavy (non-hydrogen) atoms. The summed E-state index contributed by atoms with van der Waals surface area (Å²) in [7, 11) is 2.88. The minimum atomic E-state index is -2.80. The molecule has 8 N–H and O–H groups in total. The molecule has 0 radical (unpaired) electrons. The number of nitrogens with two attached hydrogens (primary N) is 3. The van der Waals surface area contributed by atoms with E-state index in [9.17, 15) is 38.7 Å². The molecule has 2 aromatic rings. The molecule has 0 saturated heterocycles. The van der Waals surface area contributed by atoms with E-state index < -0.39 is 88.3 Å². The number of benzene rings is 2. The maximum absolute atomic E-state index is 14.4. The summed E-state index contributed by atoms with van der Waals surface area (Å²) in [6.07, 6.45) is -0.685. The van der Waals surface area contributed by atoms with Crippen LogP contribution in [0.25, 0.3) is 11.1 Å². The van der Waals surface area contributed by atoms with Gasteiger partial charge in [0, 0.05) is 11.2 Å². The van der Waals surface area contributed by atoms with Crippen LogP contribution < -0.4 is 22.5 Å². The van der Waals surface area contributed by atoms with Crippen molar-refractivity contribution in [3.8, 4) is 22.9 Å². The van der Waals surface area contributed by atoms with Gasteiger partial charge < -0.3 is 27.6 Å². The Morgan fingerprint density at radius 1 is 1.14 bits per heavy atom. The monoisotopic (exact) mass is 604 g/mol. The number of alkyl halides is 1. The number of hydrogen-bond donors (Lipinski definition) is 5. The number of nitrogens with zero attached hydrogens (tertiary/aromatic N) is 2. The Morgan fingerprint density at radius 2 is 1.77 bits per heavy atom. The van der Waals surface area contributed by atoms with Crippen LogP contribution in [-0.2, 0) is 25.6 Å². The number of phenolic OH excluding ortho intramolecular Hbond substituents is 1. The van der Waals surface area contributed by atoms with Crippen molar-refractivity contribution in [2.75, 3.05) is 26.1 Å². The topological polar surface area (TPSA) is 223 Å². The smallest absolute Gasteiger partial charge is 0.235 e. The number of fused-ring (bicyclic) bond motifs is 3.